The van der Waals surface area contributed by atoms with Gasteiger partial charge in [-0.1, -0.05) is 18.2 Å². The molecule has 0 radical (unpaired) electrons. The van der Waals surface area contributed by atoms with Crippen LogP contribution in [0, 0.1) is 0 Å². The van der Waals surface area contributed by atoms with Crippen LogP contribution in [0.2, 0.25) is 0 Å². The molecule has 174 valence electrons. The fourth-order valence-corrected chi connectivity index (χ4v) is 3.78. The van der Waals surface area contributed by atoms with Gasteiger partial charge in [-0.05, 0) is 29.8 Å². The third-order valence-electron chi connectivity index (χ3n) is 5.41. The lowest BCUT2D eigenvalue weighted by molar-refractivity contribution is 0.171. The van der Waals surface area contributed by atoms with Crippen molar-refractivity contribution in [1.82, 2.24) is 15.1 Å². The second-order valence-corrected chi connectivity index (χ2v) is 7.43. The summed E-state index contributed by atoms with van der Waals surface area (Å²) < 4.78 is 22.1. The molecule has 32 heavy (non-hydrogen) atoms. The van der Waals surface area contributed by atoms with Crippen LogP contribution in [0.1, 0.15) is 5.56 Å². The Kier molecular flexibility index (Phi) is 8.86. The van der Waals surface area contributed by atoms with E-state index in [1.807, 2.05) is 49.5 Å². The van der Waals surface area contributed by atoms with Crippen LogP contribution in [-0.4, -0.2) is 83.5 Å². The highest BCUT2D eigenvalue weighted by Gasteiger charge is 2.21. The molecule has 0 saturated carbocycles. The summed E-state index contributed by atoms with van der Waals surface area (Å²) >= 11 is 0. The van der Waals surface area contributed by atoms with Gasteiger partial charge >= 0.3 is 0 Å². The Morgan fingerprint density at radius 2 is 1.59 bits per heavy atom. The molecular formula is C24H34N4O4. The maximum absolute atomic E-state index is 5.75. The number of nitrogens with zero attached hydrogens (tertiary/aromatic N) is 3. The van der Waals surface area contributed by atoms with Crippen LogP contribution in [-0.2, 0) is 6.54 Å². The zero-order valence-corrected chi connectivity index (χ0v) is 19.5. The van der Waals surface area contributed by atoms with Gasteiger partial charge in [-0.25, -0.2) is 0 Å². The fourth-order valence-electron chi connectivity index (χ4n) is 3.78. The number of benzene rings is 2. The Morgan fingerprint density at radius 3 is 2.16 bits per heavy atom. The normalized spacial score (nSPS) is 14.8. The van der Waals surface area contributed by atoms with E-state index in [-0.39, 0.29) is 0 Å². The topological polar surface area (TPSA) is 67.8 Å². The summed E-state index contributed by atoms with van der Waals surface area (Å²) in [4.78, 5) is 9.15. The molecule has 1 fully saturated rings. The minimum atomic E-state index is 0.587. The first kappa shape index (κ1) is 23.5. The third-order valence-corrected chi connectivity index (χ3v) is 5.41. The summed E-state index contributed by atoms with van der Waals surface area (Å²) in [6.45, 7) is 5.81. The van der Waals surface area contributed by atoms with E-state index < -0.39 is 0 Å². The van der Waals surface area contributed by atoms with Crippen molar-refractivity contribution >= 4 is 5.96 Å². The summed E-state index contributed by atoms with van der Waals surface area (Å²) in [6.07, 6.45) is 0. The molecule has 0 spiro atoms. The Bertz CT molecular complexity index is 843. The maximum atomic E-state index is 5.75. The first-order valence-electron chi connectivity index (χ1n) is 10.8. The monoisotopic (exact) mass is 442 g/mol. The van der Waals surface area contributed by atoms with Crippen molar-refractivity contribution in [1.29, 1.82) is 0 Å². The second-order valence-electron chi connectivity index (χ2n) is 7.43. The average Bonchev–Trinajstić information content (AvgIpc) is 2.84. The summed E-state index contributed by atoms with van der Waals surface area (Å²) in [6, 6.07) is 13.9. The van der Waals surface area contributed by atoms with Gasteiger partial charge in [-0.2, -0.15) is 0 Å². The van der Waals surface area contributed by atoms with E-state index in [2.05, 4.69) is 20.1 Å². The minimum Gasteiger partial charge on any atom is -0.493 e. The molecule has 1 saturated heterocycles. The zero-order valence-electron chi connectivity index (χ0n) is 19.5. The van der Waals surface area contributed by atoms with Gasteiger partial charge in [0.1, 0.15) is 12.4 Å². The summed E-state index contributed by atoms with van der Waals surface area (Å²) in [7, 11) is 6.73. The van der Waals surface area contributed by atoms with E-state index in [0.717, 1.165) is 50.0 Å². The molecule has 0 aromatic heterocycles. The lowest BCUT2D eigenvalue weighted by atomic mass is 10.1. The lowest BCUT2D eigenvalue weighted by Crippen LogP contribution is -2.52. The Hall–Kier alpha value is -3.13. The van der Waals surface area contributed by atoms with Crippen molar-refractivity contribution in [2.75, 3.05) is 67.7 Å². The highest BCUT2D eigenvalue weighted by atomic mass is 16.5. The quantitative estimate of drug-likeness (QED) is 0.364. The molecule has 2 aromatic rings. The van der Waals surface area contributed by atoms with E-state index in [9.17, 15) is 0 Å². The van der Waals surface area contributed by atoms with Gasteiger partial charge in [0.05, 0.1) is 27.9 Å². The molecule has 1 heterocycles. The van der Waals surface area contributed by atoms with Gasteiger partial charge in [-0.3, -0.25) is 9.89 Å². The molecule has 0 atom stereocenters. The predicted octanol–water partition coefficient (Wildman–Crippen LogP) is 2.48. The number of guanidine groups is 1. The maximum Gasteiger partial charge on any atom is 0.203 e. The number of aliphatic imine (C=N–C) groups is 1. The molecule has 1 aliphatic rings. The summed E-state index contributed by atoms with van der Waals surface area (Å²) in [5.41, 5.74) is 1.13. The molecule has 0 unspecified atom stereocenters. The van der Waals surface area contributed by atoms with E-state index >= 15 is 0 Å². The number of para-hydroxylation sites is 1. The van der Waals surface area contributed by atoms with E-state index in [4.69, 9.17) is 18.9 Å². The van der Waals surface area contributed by atoms with Gasteiger partial charge < -0.3 is 29.2 Å². The third kappa shape index (κ3) is 6.20. The van der Waals surface area contributed by atoms with Crippen molar-refractivity contribution < 1.29 is 18.9 Å². The lowest BCUT2D eigenvalue weighted by Gasteiger charge is -2.36. The van der Waals surface area contributed by atoms with Crippen molar-refractivity contribution in [2.24, 2.45) is 4.99 Å². The van der Waals surface area contributed by atoms with Crippen molar-refractivity contribution in [3.8, 4) is 23.0 Å². The molecule has 0 bridgehead atoms. The molecular weight excluding hydrogens is 408 g/mol. The largest absolute Gasteiger partial charge is 0.493 e. The van der Waals surface area contributed by atoms with Crippen LogP contribution >= 0.6 is 0 Å². The number of rotatable bonds is 9. The Balaban J connectivity index is 1.47. The average molecular weight is 443 g/mol. The van der Waals surface area contributed by atoms with Crippen LogP contribution in [0.3, 0.4) is 0 Å². The highest BCUT2D eigenvalue weighted by molar-refractivity contribution is 5.80. The molecule has 8 nitrogen and oxygen atoms in total. The zero-order chi connectivity index (χ0) is 22.8. The Morgan fingerprint density at radius 1 is 0.938 bits per heavy atom. The first-order valence-corrected chi connectivity index (χ1v) is 10.8. The van der Waals surface area contributed by atoms with E-state index in [0.29, 0.717) is 30.4 Å². The van der Waals surface area contributed by atoms with Gasteiger partial charge in [0.2, 0.25) is 5.75 Å². The van der Waals surface area contributed by atoms with Crippen LogP contribution in [0.25, 0.3) is 0 Å². The number of hydrogen-bond acceptors (Lipinski definition) is 6. The van der Waals surface area contributed by atoms with E-state index in [1.54, 1.807) is 21.3 Å². The van der Waals surface area contributed by atoms with Crippen LogP contribution in [0.5, 0.6) is 23.0 Å². The molecule has 1 aliphatic heterocycles. The van der Waals surface area contributed by atoms with Gasteiger partial charge in [-0.15, -0.1) is 0 Å². The number of ether oxygens (including phenoxy) is 4. The summed E-state index contributed by atoms with van der Waals surface area (Å²) in [5, 5.41) is 3.40. The highest BCUT2D eigenvalue weighted by Crippen LogP contribution is 2.38. The van der Waals surface area contributed by atoms with Crippen molar-refractivity contribution in [2.45, 2.75) is 6.54 Å². The number of piperazine rings is 1. The molecule has 0 amide bonds. The standard InChI is InChI=1S/C24H34N4O4/c1-25-24(26-10-15-32-20-8-6-5-7-9-20)28-13-11-27(12-14-28)18-19-16-21(29-2)23(31-4)22(17-19)30-3/h5-9,16-17H,10-15,18H2,1-4H3,(H,25,26). The van der Waals surface area contributed by atoms with Gasteiger partial charge in [0.15, 0.2) is 17.5 Å². The van der Waals surface area contributed by atoms with Crippen LogP contribution in [0.15, 0.2) is 47.5 Å². The molecule has 8 heteroatoms. The molecule has 1 N–H and O–H groups in total. The van der Waals surface area contributed by atoms with Gasteiger partial charge in [0, 0.05) is 39.8 Å². The Labute approximate surface area is 190 Å². The molecule has 3 rings (SSSR count). The SMILES string of the molecule is CN=C(NCCOc1ccccc1)N1CCN(Cc2cc(OC)c(OC)c(OC)c2)CC1. The van der Waals surface area contributed by atoms with Crippen molar-refractivity contribution in [3.63, 3.8) is 0 Å². The van der Waals surface area contributed by atoms with Crippen LogP contribution < -0.4 is 24.3 Å². The number of nitrogens with one attached hydrogen (secondary N) is 1. The summed E-state index contributed by atoms with van der Waals surface area (Å²) in [5.74, 6) is 3.78. The number of hydrogen-bond donors (Lipinski definition) is 1. The minimum absolute atomic E-state index is 0.587. The first-order chi connectivity index (χ1) is 15.7. The van der Waals surface area contributed by atoms with Crippen LogP contribution in [0.4, 0.5) is 0 Å². The fraction of sp³-hybridized carbons (Fsp3) is 0.458. The van der Waals surface area contributed by atoms with Crippen molar-refractivity contribution in [3.05, 3.63) is 48.0 Å². The number of methoxy groups -OCH3 is 3. The second kappa shape index (κ2) is 12.0. The smallest absolute Gasteiger partial charge is 0.203 e. The van der Waals surface area contributed by atoms with E-state index in [1.165, 1.54) is 0 Å². The molecule has 0 aliphatic carbocycles. The van der Waals surface area contributed by atoms with Gasteiger partial charge in [0.25, 0.3) is 0 Å². The molecule has 2 aromatic carbocycles. The predicted molar refractivity (Wildman–Crippen MR) is 126 cm³/mol.